The van der Waals surface area contributed by atoms with Gasteiger partial charge in [0.05, 0.1) is 9.37 Å². The number of nitrogens with one attached hydrogen (secondary N) is 2. The Bertz CT molecular complexity index is 762. The second-order valence-electron chi connectivity index (χ2n) is 4.47. The lowest BCUT2D eigenvalue weighted by Crippen LogP contribution is -2.14. The van der Waals surface area contributed by atoms with Gasteiger partial charge in [-0.1, -0.05) is 6.07 Å². The molecule has 0 unspecified atom stereocenters. The Hall–Kier alpha value is -1.44. The first-order valence-electron chi connectivity index (χ1n) is 6.02. The van der Waals surface area contributed by atoms with Gasteiger partial charge < -0.3 is 5.32 Å². The highest BCUT2D eigenvalue weighted by Crippen LogP contribution is 2.24. The molecule has 2 heterocycles. The van der Waals surface area contributed by atoms with Gasteiger partial charge in [0.15, 0.2) is 5.82 Å². The minimum absolute atomic E-state index is 0.248. The highest BCUT2D eigenvalue weighted by molar-refractivity contribution is 9.10. The van der Waals surface area contributed by atoms with Gasteiger partial charge in [-0.2, -0.15) is 0 Å². The predicted molar refractivity (Wildman–Crippen MR) is 79.7 cm³/mol. The van der Waals surface area contributed by atoms with Crippen LogP contribution in [-0.4, -0.2) is 13.4 Å². The van der Waals surface area contributed by atoms with Crippen LogP contribution in [0.4, 0.5) is 5.82 Å². The van der Waals surface area contributed by atoms with Crippen molar-refractivity contribution in [3.63, 3.8) is 0 Å². The molecule has 5 nitrogen and oxygen atoms in total. The molecule has 104 valence electrons. The third-order valence-electron chi connectivity index (χ3n) is 3.11. The summed E-state index contributed by atoms with van der Waals surface area (Å²) >= 11 is 3.27. The molecule has 1 aromatic carbocycles. The standard InChI is InChI=1S/C13H12BrN3O2S/c14-12-2-1-5-16-13(12)17-20(18,19)11-4-3-9-7-15-8-10(9)6-11/h1-6,15H,7-8H2,(H,16,17). The molecular formula is C13H12BrN3O2S. The van der Waals surface area contributed by atoms with Crippen LogP contribution in [0.3, 0.4) is 0 Å². The molecule has 2 aromatic rings. The number of fused-ring (bicyclic) bond motifs is 1. The number of aromatic nitrogens is 1. The summed E-state index contributed by atoms with van der Waals surface area (Å²) in [5, 5.41) is 3.19. The predicted octanol–water partition coefficient (Wildman–Crippen LogP) is 2.25. The topological polar surface area (TPSA) is 71.1 Å². The van der Waals surface area contributed by atoms with Crippen LogP contribution in [0.25, 0.3) is 0 Å². The van der Waals surface area contributed by atoms with E-state index < -0.39 is 10.0 Å². The SMILES string of the molecule is O=S(=O)(Nc1ncccc1Br)c1ccc2c(c1)CNC2. The number of sulfonamides is 1. The minimum Gasteiger partial charge on any atom is -0.309 e. The van der Waals surface area contributed by atoms with Crippen LogP contribution < -0.4 is 10.0 Å². The van der Waals surface area contributed by atoms with Gasteiger partial charge in [0.25, 0.3) is 10.0 Å². The van der Waals surface area contributed by atoms with E-state index in [1.807, 2.05) is 6.07 Å². The van der Waals surface area contributed by atoms with E-state index in [9.17, 15) is 8.42 Å². The fourth-order valence-corrected chi connectivity index (χ4v) is 3.65. The molecule has 2 N–H and O–H groups in total. The molecule has 0 fully saturated rings. The van der Waals surface area contributed by atoms with E-state index >= 15 is 0 Å². The van der Waals surface area contributed by atoms with Crippen molar-refractivity contribution in [2.75, 3.05) is 4.72 Å². The highest BCUT2D eigenvalue weighted by atomic mass is 79.9. The largest absolute Gasteiger partial charge is 0.309 e. The number of nitrogens with zero attached hydrogens (tertiary/aromatic N) is 1. The van der Waals surface area contributed by atoms with E-state index in [1.54, 1.807) is 24.3 Å². The Kier molecular flexibility index (Phi) is 3.49. The lowest BCUT2D eigenvalue weighted by atomic mass is 10.1. The first kappa shape index (κ1) is 13.5. The first-order chi connectivity index (χ1) is 9.56. The van der Waals surface area contributed by atoms with Crippen molar-refractivity contribution in [3.8, 4) is 0 Å². The third kappa shape index (κ3) is 2.56. The first-order valence-corrected chi connectivity index (χ1v) is 8.30. The molecule has 20 heavy (non-hydrogen) atoms. The highest BCUT2D eigenvalue weighted by Gasteiger charge is 2.19. The Morgan fingerprint density at radius 1 is 1.20 bits per heavy atom. The zero-order chi connectivity index (χ0) is 14.2. The molecule has 7 heteroatoms. The summed E-state index contributed by atoms with van der Waals surface area (Å²) in [6.45, 7) is 1.49. The maximum absolute atomic E-state index is 12.4. The molecular weight excluding hydrogens is 342 g/mol. The molecule has 0 radical (unpaired) electrons. The van der Waals surface area contributed by atoms with Crippen LogP contribution in [0.2, 0.25) is 0 Å². The second kappa shape index (κ2) is 5.16. The van der Waals surface area contributed by atoms with Gasteiger partial charge in [0.2, 0.25) is 0 Å². The maximum Gasteiger partial charge on any atom is 0.263 e. The molecule has 0 amide bonds. The number of benzene rings is 1. The number of halogens is 1. The van der Waals surface area contributed by atoms with Crippen LogP contribution in [0, 0.1) is 0 Å². The average molecular weight is 354 g/mol. The maximum atomic E-state index is 12.4. The fraction of sp³-hybridized carbons (Fsp3) is 0.154. The third-order valence-corrected chi connectivity index (χ3v) is 5.08. The molecule has 0 aliphatic carbocycles. The normalized spacial score (nSPS) is 14.1. The van der Waals surface area contributed by atoms with Crippen molar-refractivity contribution in [2.45, 2.75) is 18.0 Å². The molecule has 0 spiro atoms. The van der Waals surface area contributed by atoms with E-state index in [2.05, 4.69) is 31.0 Å². The summed E-state index contributed by atoms with van der Waals surface area (Å²) < 4.78 is 27.8. The smallest absolute Gasteiger partial charge is 0.263 e. The van der Waals surface area contributed by atoms with Crippen LogP contribution in [0.15, 0.2) is 45.9 Å². The Morgan fingerprint density at radius 3 is 2.80 bits per heavy atom. The van der Waals surface area contributed by atoms with Gasteiger partial charge in [0, 0.05) is 19.3 Å². The lowest BCUT2D eigenvalue weighted by Gasteiger charge is -2.09. The zero-order valence-electron chi connectivity index (χ0n) is 10.4. The quantitative estimate of drug-likeness (QED) is 0.887. The lowest BCUT2D eigenvalue weighted by molar-refractivity contribution is 0.601. The van der Waals surface area contributed by atoms with Crippen LogP contribution in [-0.2, 0) is 23.1 Å². The summed E-state index contributed by atoms with van der Waals surface area (Å²) in [6, 6.07) is 8.62. The van der Waals surface area contributed by atoms with Crippen molar-refractivity contribution in [1.29, 1.82) is 0 Å². The number of rotatable bonds is 3. The van der Waals surface area contributed by atoms with Gasteiger partial charge in [0.1, 0.15) is 0 Å². The number of anilines is 1. The number of hydrogen-bond acceptors (Lipinski definition) is 4. The van der Waals surface area contributed by atoms with E-state index in [0.717, 1.165) is 17.7 Å². The van der Waals surface area contributed by atoms with Gasteiger partial charge >= 0.3 is 0 Å². The monoisotopic (exact) mass is 353 g/mol. The van der Waals surface area contributed by atoms with Crippen LogP contribution in [0.5, 0.6) is 0 Å². The Labute approximate surface area is 125 Å². The molecule has 0 saturated carbocycles. The average Bonchev–Trinajstić information content (AvgIpc) is 2.88. The number of hydrogen-bond donors (Lipinski definition) is 2. The van der Waals surface area contributed by atoms with Gasteiger partial charge in [-0.25, -0.2) is 13.4 Å². The number of pyridine rings is 1. The molecule has 3 rings (SSSR count). The van der Waals surface area contributed by atoms with Crippen molar-refractivity contribution in [1.82, 2.24) is 10.3 Å². The second-order valence-corrected chi connectivity index (χ2v) is 7.01. The van der Waals surface area contributed by atoms with Gasteiger partial charge in [-0.3, -0.25) is 4.72 Å². The van der Waals surface area contributed by atoms with E-state index in [0.29, 0.717) is 11.0 Å². The van der Waals surface area contributed by atoms with Crippen molar-refractivity contribution in [3.05, 3.63) is 52.1 Å². The molecule has 1 aliphatic heterocycles. The van der Waals surface area contributed by atoms with Crippen LogP contribution >= 0.6 is 15.9 Å². The zero-order valence-corrected chi connectivity index (χ0v) is 12.8. The summed E-state index contributed by atoms with van der Waals surface area (Å²) in [6.07, 6.45) is 1.54. The summed E-state index contributed by atoms with van der Waals surface area (Å²) in [5.41, 5.74) is 2.16. The van der Waals surface area contributed by atoms with Crippen molar-refractivity contribution >= 4 is 31.8 Å². The fourth-order valence-electron chi connectivity index (χ4n) is 2.09. The van der Waals surface area contributed by atoms with E-state index in [1.165, 1.54) is 6.20 Å². The van der Waals surface area contributed by atoms with Crippen molar-refractivity contribution in [2.24, 2.45) is 0 Å². The van der Waals surface area contributed by atoms with Gasteiger partial charge in [-0.05, 0) is 51.3 Å². The van der Waals surface area contributed by atoms with E-state index in [4.69, 9.17) is 0 Å². The van der Waals surface area contributed by atoms with Crippen LogP contribution in [0.1, 0.15) is 11.1 Å². The molecule has 1 aliphatic rings. The molecule has 0 bridgehead atoms. The summed E-state index contributed by atoms with van der Waals surface area (Å²) in [4.78, 5) is 4.26. The molecule has 0 saturated heterocycles. The van der Waals surface area contributed by atoms with E-state index in [-0.39, 0.29) is 10.7 Å². The van der Waals surface area contributed by atoms with Crippen molar-refractivity contribution < 1.29 is 8.42 Å². The summed E-state index contributed by atoms with van der Waals surface area (Å²) in [5.74, 6) is 0.283. The molecule has 0 atom stereocenters. The Balaban J connectivity index is 1.94. The molecule has 1 aromatic heterocycles. The minimum atomic E-state index is -3.63. The summed E-state index contributed by atoms with van der Waals surface area (Å²) in [7, 11) is -3.63. The van der Waals surface area contributed by atoms with Gasteiger partial charge in [-0.15, -0.1) is 0 Å². The Morgan fingerprint density at radius 2 is 2.00 bits per heavy atom.